The molecular formula is C44H27N3O. The van der Waals surface area contributed by atoms with Gasteiger partial charge in [0.15, 0.2) is 0 Å². The minimum absolute atomic E-state index is 0.245. The zero-order valence-corrected chi connectivity index (χ0v) is 25.8. The first-order chi connectivity index (χ1) is 23.8. The van der Waals surface area contributed by atoms with Gasteiger partial charge in [-0.05, 0) is 99.6 Å². The van der Waals surface area contributed by atoms with E-state index in [-0.39, 0.29) is 5.92 Å². The number of rotatable bonds is 3. The van der Waals surface area contributed by atoms with Gasteiger partial charge in [-0.25, -0.2) is 4.98 Å². The maximum atomic E-state index is 6.39. The Morgan fingerprint density at radius 1 is 0.500 bits per heavy atom. The number of para-hydroxylation sites is 4. The highest BCUT2D eigenvalue weighted by Crippen LogP contribution is 2.49. The van der Waals surface area contributed by atoms with E-state index in [9.17, 15) is 0 Å². The molecule has 4 heteroatoms. The molecule has 11 rings (SSSR count). The highest BCUT2D eigenvalue weighted by Gasteiger charge is 2.30. The van der Waals surface area contributed by atoms with Crippen LogP contribution in [0.4, 0.5) is 0 Å². The lowest BCUT2D eigenvalue weighted by Gasteiger charge is -2.14. The van der Waals surface area contributed by atoms with Gasteiger partial charge in [-0.2, -0.15) is 0 Å². The molecule has 0 spiro atoms. The minimum atomic E-state index is 0.245. The second kappa shape index (κ2) is 9.57. The number of benzene rings is 7. The Bertz CT molecular complexity index is 2910. The lowest BCUT2D eigenvalue weighted by molar-refractivity contribution is 0.669. The van der Waals surface area contributed by atoms with Gasteiger partial charge in [0, 0.05) is 16.7 Å². The Labute approximate surface area is 275 Å². The molecule has 0 fully saturated rings. The monoisotopic (exact) mass is 613 g/mol. The standard InChI is InChI=1S/C44H27N3O/c1-2-10-27(11-3-1)43-32-13-5-4-12-31(32)34-24-28(18-21-33(34)43)29-19-22-41-35(25-29)36-26-30(20-23-42(36)48-41)46-39-16-8-9-17-40(39)47-38-15-7-6-14-37(38)45-44(46)47/h1-26,43H. The third-order valence-corrected chi connectivity index (χ3v) is 10.2. The van der Waals surface area contributed by atoms with E-state index >= 15 is 0 Å². The second-order valence-electron chi connectivity index (χ2n) is 12.8. The van der Waals surface area contributed by atoms with E-state index in [1.165, 1.54) is 38.9 Å². The predicted octanol–water partition coefficient (Wildman–Crippen LogP) is 11.2. The van der Waals surface area contributed by atoms with E-state index in [0.29, 0.717) is 0 Å². The molecule has 1 unspecified atom stereocenters. The number of furan rings is 1. The molecule has 3 heterocycles. The molecule has 48 heavy (non-hydrogen) atoms. The van der Waals surface area contributed by atoms with Crippen LogP contribution >= 0.6 is 0 Å². The first-order valence-corrected chi connectivity index (χ1v) is 16.4. The largest absolute Gasteiger partial charge is 0.456 e. The molecule has 10 aromatic rings. The Hall–Kier alpha value is -6.39. The Morgan fingerprint density at radius 3 is 2.06 bits per heavy atom. The molecule has 1 atom stereocenters. The number of aromatic nitrogens is 3. The molecule has 0 amide bonds. The number of hydrogen-bond acceptors (Lipinski definition) is 2. The molecule has 0 N–H and O–H groups in total. The lowest BCUT2D eigenvalue weighted by Crippen LogP contribution is -1.98. The van der Waals surface area contributed by atoms with Crippen LogP contribution in [0.1, 0.15) is 22.6 Å². The van der Waals surface area contributed by atoms with Gasteiger partial charge in [-0.15, -0.1) is 0 Å². The van der Waals surface area contributed by atoms with Crippen molar-refractivity contribution in [2.45, 2.75) is 5.92 Å². The van der Waals surface area contributed by atoms with Crippen LogP contribution in [-0.2, 0) is 0 Å². The molecule has 3 aromatic heterocycles. The number of hydrogen-bond donors (Lipinski definition) is 0. The van der Waals surface area contributed by atoms with Crippen molar-refractivity contribution in [1.82, 2.24) is 14.0 Å². The first kappa shape index (κ1) is 25.8. The van der Waals surface area contributed by atoms with E-state index in [1.807, 2.05) is 6.07 Å². The van der Waals surface area contributed by atoms with E-state index in [4.69, 9.17) is 9.40 Å². The lowest BCUT2D eigenvalue weighted by atomic mass is 9.89. The molecule has 0 bridgehead atoms. The highest BCUT2D eigenvalue weighted by atomic mass is 16.3. The molecule has 0 saturated carbocycles. The summed E-state index contributed by atoms with van der Waals surface area (Å²) in [6.07, 6.45) is 0. The number of nitrogens with zero attached hydrogens (tertiary/aromatic N) is 3. The highest BCUT2D eigenvalue weighted by molar-refractivity contribution is 6.07. The van der Waals surface area contributed by atoms with E-state index < -0.39 is 0 Å². The van der Waals surface area contributed by atoms with Crippen LogP contribution in [0.2, 0.25) is 0 Å². The summed E-state index contributed by atoms with van der Waals surface area (Å²) in [5.41, 5.74) is 16.2. The Balaban J connectivity index is 1.08. The van der Waals surface area contributed by atoms with E-state index in [2.05, 4.69) is 161 Å². The van der Waals surface area contributed by atoms with Gasteiger partial charge in [0.2, 0.25) is 5.78 Å². The summed E-state index contributed by atoms with van der Waals surface area (Å²) in [6.45, 7) is 0. The summed E-state index contributed by atoms with van der Waals surface area (Å²) in [6, 6.07) is 56.6. The number of imidazole rings is 2. The summed E-state index contributed by atoms with van der Waals surface area (Å²) >= 11 is 0. The van der Waals surface area contributed by atoms with Gasteiger partial charge in [0.05, 0.1) is 27.8 Å². The fraction of sp³-hybridized carbons (Fsp3) is 0.0227. The van der Waals surface area contributed by atoms with Crippen molar-refractivity contribution >= 4 is 49.8 Å². The van der Waals surface area contributed by atoms with Gasteiger partial charge in [0.25, 0.3) is 0 Å². The fourth-order valence-corrected chi connectivity index (χ4v) is 8.08. The normalized spacial score (nSPS) is 14.0. The van der Waals surface area contributed by atoms with Crippen LogP contribution < -0.4 is 0 Å². The summed E-state index contributed by atoms with van der Waals surface area (Å²) in [5.74, 6) is 1.14. The first-order valence-electron chi connectivity index (χ1n) is 16.4. The van der Waals surface area contributed by atoms with Gasteiger partial charge in [0.1, 0.15) is 11.2 Å². The van der Waals surface area contributed by atoms with Crippen LogP contribution in [0, 0.1) is 0 Å². The smallest absolute Gasteiger partial charge is 0.220 e. The Morgan fingerprint density at radius 2 is 1.17 bits per heavy atom. The van der Waals surface area contributed by atoms with Crippen LogP contribution in [0.3, 0.4) is 0 Å². The summed E-state index contributed by atoms with van der Waals surface area (Å²) in [5, 5.41) is 2.19. The zero-order valence-electron chi connectivity index (χ0n) is 25.8. The third-order valence-electron chi connectivity index (χ3n) is 10.2. The molecule has 224 valence electrons. The van der Waals surface area contributed by atoms with Crippen molar-refractivity contribution < 1.29 is 4.42 Å². The predicted molar refractivity (Wildman–Crippen MR) is 195 cm³/mol. The minimum Gasteiger partial charge on any atom is -0.456 e. The van der Waals surface area contributed by atoms with Crippen molar-refractivity contribution in [3.63, 3.8) is 0 Å². The Kier molecular flexibility index (Phi) is 5.13. The third kappa shape index (κ3) is 3.52. The fourth-order valence-electron chi connectivity index (χ4n) is 8.08. The average Bonchev–Trinajstić information content (AvgIpc) is 3.88. The maximum Gasteiger partial charge on any atom is 0.220 e. The molecule has 0 saturated heterocycles. The van der Waals surface area contributed by atoms with Crippen LogP contribution in [-0.4, -0.2) is 14.0 Å². The maximum absolute atomic E-state index is 6.39. The van der Waals surface area contributed by atoms with Gasteiger partial charge >= 0.3 is 0 Å². The van der Waals surface area contributed by atoms with Gasteiger partial charge < -0.3 is 4.42 Å². The summed E-state index contributed by atoms with van der Waals surface area (Å²) < 4.78 is 10.9. The molecule has 1 aliphatic carbocycles. The molecule has 4 nitrogen and oxygen atoms in total. The van der Waals surface area contributed by atoms with Crippen molar-refractivity contribution in [2.24, 2.45) is 0 Å². The summed E-state index contributed by atoms with van der Waals surface area (Å²) in [4.78, 5) is 5.08. The van der Waals surface area contributed by atoms with Crippen LogP contribution in [0.5, 0.6) is 0 Å². The van der Waals surface area contributed by atoms with Gasteiger partial charge in [-0.1, -0.05) is 97.1 Å². The second-order valence-corrected chi connectivity index (χ2v) is 12.8. The molecule has 7 aromatic carbocycles. The van der Waals surface area contributed by atoms with Crippen molar-refractivity contribution in [1.29, 1.82) is 0 Å². The van der Waals surface area contributed by atoms with Crippen LogP contribution in [0.15, 0.2) is 162 Å². The average molecular weight is 614 g/mol. The van der Waals surface area contributed by atoms with Crippen LogP contribution in [0.25, 0.3) is 77.7 Å². The van der Waals surface area contributed by atoms with Crippen molar-refractivity contribution in [2.75, 3.05) is 0 Å². The van der Waals surface area contributed by atoms with E-state index in [1.54, 1.807) is 0 Å². The van der Waals surface area contributed by atoms with Crippen molar-refractivity contribution in [3.8, 4) is 27.9 Å². The molecule has 1 aliphatic rings. The van der Waals surface area contributed by atoms with E-state index in [0.717, 1.165) is 55.5 Å². The quantitative estimate of drug-likeness (QED) is 0.199. The molecule has 0 radical (unpaired) electrons. The summed E-state index contributed by atoms with van der Waals surface area (Å²) in [7, 11) is 0. The molecule has 0 aliphatic heterocycles. The van der Waals surface area contributed by atoms with Gasteiger partial charge in [-0.3, -0.25) is 8.97 Å². The van der Waals surface area contributed by atoms with Crippen molar-refractivity contribution in [3.05, 3.63) is 174 Å². The SMILES string of the molecule is c1ccc(C2c3ccccc3-c3cc(-c4ccc5oc6ccc(-n7c8ccccc8n8c9ccccc9nc78)cc6c5c4)ccc32)cc1. The zero-order chi connectivity index (χ0) is 31.3. The molecular weight excluding hydrogens is 587 g/mol. The topological polar surface area (TPSA) is 35.4 Å². The number of fused-ring (bicyclic) bond motifs is 11.